The Morgan fingerprint density at radius 2 is 1.85 bits per heavy atom. The van der Waals surface area contributed by atoms with E-state index >= 15 is 0 Å². The van der Waals surface area contributed by atoms with Crippen molar-refractivity contribution in [1.29, 1.82) is 0 Å². The van der Waals surface area contributed by atoms with Gasteiger partial charge in [0.15, 0.2) is 0 Å². The summed E-state index contributed by atoms with van der Waals surface area (Å²) in [6.07, 6.45) is 0.479. The third-order valence-corrected chi connectivity index (χ3v) is 6.23. The molecule has 1 amide bonds. The molecule has 0 aliphatic heterocycles. The van der Waals surface area contributed by atoms with Crippen LogP contribution in [0, 0.1) is 6.92 Å². The molecule has 1 aliphatic rings. The predicted octanol–water partition coefficient (Wildman–Crippen LogP) is 3.13. The summed E-state index contributed by atoms with van der Waals surface area (Å²) in [5, 5.41) is 14.1. The number of hydrogen-bond donors (Lipinski definition) is 1. The van der Waals surface area contributed by atoms with E-state index in [9.17, 15) is 23.5 Å². The van der Waals surface area contributed by atoms with Gasteiger partial charge in [-0.25, -0.2) is 8.78 Å². The zero-order valence-corrected chi connectivity index (χ0v) is 18.5. The van der Waals surface area contributed by atoms with E-state index in [1.54, 1.807) is 31.0 Å². The molecule has 0 fully saturated rings. The fourth-order valence-electron chi connectivity index (χ4n) is 4.51. The zero-order chi connectivity index (χ0) is 23.7. The smallest absolute Gasteiger partial charge is 0.323 e. The minimum Gasteiger partial charge on any atom is -0.480 e. The molecular formula is C24H26F2N4O3. The van der Waals surface area contributed by atoms with Crippen LogP contribution in [0.4, 0.5) is 14.5 Å². The minimum atomic E-state index is -2.54. The molecule has 0 unspecified atom stereocenters. The van der Waals surface area contributed by atoms with E-state index in [0.29, 0.717) is 22.2 Å². The molecule has 7 nitrogen and oxygen atoms in total. The largest absolute Gasteiger partial charge is 0.480 e. The number of aromatic nitrogens is 2. The van der Waals surface area contributed by atoms with Crippen molar-refractivity contribution >= 4 is 28.5 Å². The Kier molecular flexibility index (Phi) is 6.31. The van der Waals surface area contributed by atoms with Crippen LogP contribution in [-0.4, -0.2) is 64.3 Å². The van der Waals surface area contributed by atoms with Gasteiger partial charge in [0.05, 0.1) is 18.3 Å². The highest BCUT2D eigenvalue weighted by molar-refractivity contribution is 5.89. The quantitative estimate of drug-likeness (QED) is 0.564. The second-order valence-corrected chi connectivity index (χ2v) is 8.50. The zero-order valence-electron chi connectivity index (χ0n) is 18.5. The summed E-state index contributed by atoms with van der Waals surface area (Å²) in [5.74, 6) is -1.24. The molecule has 33 heavy (non-hydrogen) atoms. The highest BCUT2D eigenvalue weighted by Crippen LogP contribution is 2.28. The molecule has 4 rings (SSSR count). The third kappa shape index (κ3) is 4.81. The molecule has 0 bridgehead atoms. The van der Waals surface area contributed by atoms with Crippen molar-refractivity contribution in [2.45, 2.75) is 38.8 Å². The Labute approximate surface area is 190 Å². The molecule has 1 heterocycles. The maximum absolute atomic E-state index is 13.1. The van der Waals surface area contributed by atoms with Crippen molar-refractivity contribution in [2.24, 2.45) is 0 Å². The van der Waals surface area contributed by atoms with Gasteiger partial charge in [-0.05, 0) is 48.6 Å². The van der Waals surface area contributed by atoms with Crippen LogP contribution in [0.1, 0.15) is 16.7 Å². The van der Waals surface area contributed by atoms with Gasteiger partial charge >= 0.3 is 5.97 Å². The van der Waals surface area contributed by atoms with Crippen LogP contribution in [0.15, 0.2) is 42.6 Å². The molecule has 2 aromatic carbocycles. The number of likely N-dealkylation sites (N-methyl/N-ethyl adjacent to an activating group) is 1. The highest BCUT2D eigenvalue weighted by Gasteiger charge is 2.29. The van der Waals surface area contributed by atoms with E-state index in [0.717, 1.165) is 12.8 Å². The van der Waals surface area contributed by atoms with Crippen LogP contribution in [0.2, 0.25) is 0 Å². The van der Waals surface area contributed by atoms with Gasteiger partial charge in [-0.2, -0.15) is 5.10 Å². The number of carbonyl (C=O) groups excluding carboxylic acids is 1. The van der Waals surface area contributed by atoms with E-state index in [1.165, 1.54) is 26.9 Å². The Balaban J connectivity index is 1.56. The summed E-state index contributed by atoms with van der Waals surface area (Å²) in [5.41, 5.74) is 4.25. The molecule has 0 saturated carbocycles. The van der Waals surface area contributed by atoms with Gasteiger partial charge in [0.25, 0.3) is 6.43 Å². The van der Waals surface area contributed by atoms with E-state index < -0.39 is 18.9 Å². The molecule has 9 heteroatoms. The monoisotopic (exact) mass is 456 g/mol. The van der Waals surface area contributed by atoms with Gasteiger partial charge in [-0.15, -0.1) is 0 Å². The number of aliphatic carboxylic acids is 1. The van der Waals surface area contributed by atoms with Crippen LogP contribution in [0.25, 0.3) is 10.9 Å². The fraction of sp³-hybridized carbons (Fsp3) is 0.375. The second-order valence-electron chi connectivity index (χ2n) is 8.50. The lowest BCUT2D eigenvalue weighted by Crippen LogP contribution is -2.45. The Morgan fingerprint density at radius 3 is 2.45 bits per heavy atom. The first-order chi connectivity index (χ1) is 15.7. The van der Waals surface area contributed by atoms with Gasteiger partial charge in [-0.1, -0.05) is 24.3 Å². The summed E-state index contributed by atoms with van der Waals surface area (Å²) in [6, 6.07) is 11.5. The molecular weight excluding hydrogens is 430 g/mol. The SMILES string of the molecule is Cc1cc2c(cnn2CC(F)F)cc1N(CC(=O)O)CC(=O)N(C)C1Cc2ccccc2C1. The van der Waals surface area contributed by atoms with Crippen molar-refractivity contribution in [2.75, 3.05) is 25.0 Å². The lowest BCUT2D eigenvalue weighted by molar-refractivity contribution is -0.135. The van der Waals surface area contributed by atoms with Crippen molar-refractivity contribution in [3.63, 3.8) is 0 Å². The third-order valence-electron chi connectivity index (χ3n) is 6.23. The van der Waals surface area contributed by atoms with E-state index in [2.05, 4.69) is 17.2 Å². The Morgan fingerprint density at radius 1 is 1.18 bits per heavy atom. The molecule has 0 saturated heterocycles. The van der Waals surface area contributed by atoms with Crippen LogP contribution in [0.3, 0.4) is 0 Å². The molecule has 3 aromatic rings. The highest BCUT2D eigenvalue weighted by atomic mass is 19.3. The number of nitrogens with zero attached hydrogens (tertiary/aromatic N) is 4. The average Bonchev–Trinajstić information content (AvgIpc) is 3.35. The number of benzene rings is 2. The topological polar surface area (TPSA) is 78.7 Å². The van der Waals surface area contributed by atoms with Gasteiger partial charge in [0.1, 0.15) is 13.1 Å². The summed E-state index contributed by atoms with van der Waals surface area (Å²) in [6.45, 7) is 0.786. The molecule has 0 atom stereocenters. The number of rotatable bonds is 8. The molecule has 1 N–H and O–H groups in total. The summed E-state index contributed by atoms with van der Waals surface area (Å²) >= 11 is 0. The normalized spacial score (nSPS) is 13.5. The van der Waals surface area contributed by atoms with Crippen molar-refractivity contribution < 1.29 is 23.5 Å². The molecule has 0 spiro atoms. The summed E-state index contributed by atoms with van der Waals surface area (Å²) in [7, 11) is 1.75. The van der Waals surface area contributed by atoms with Gasteiger partial charge in [0, 0.05) is 24.2 Å². The van der Waals surface area contributed by atoms with Crippen LogP contribution in [-0.2, 0) is 29.0 Å². The first-order valence-corrected chi connectivity index (χ1v) is 10.8. The number of aryl methyl sites for hydroxylation is 1. The first kappa shape index (κ1) is 22.7. The number of amides is 1. The summed E-state index contributed by atoms with van der Waals surface area (Å²) < 4.78 is 26.9. The number of alkyl halides is 2. The maximum atomic E-state index is 13.1. The fourth-order valence-corrected chi connectivity index (χ4v) is 4.51. The molecule has 1 aliphatic carbocycles. The van der Waals surface area contributed by atoms with Crippen LogP contribution in [0.5, 0.6) is 0 Å². The lowest BCUT2D eigenvalue weighted by atomic mass is 10.1. The van der Waals surface area contributed by atoms with Crippen LogP contribution < -0.4 is 4.90 Å². The van der Waals surface area contributed by atoms with E-state index in [4.69, 9.17) is 0 Å². The van der Waals surface area contributed by atoms with Gasteiger partial charge < -0.3 is 14.9 Å². The molecule has 0 radical (unpaired) electrons. The molecule has 174 valence electrons. The number of carboxylic acids is 1. The number of carbonyl (C=O) groups is 2. The predicted molar refractivity (Wildman–Crippen MR) is 121 cm³/mol. The first-order valence-electron chi connectivity index (χ1n) is 10.8. The number of halogens is 2. The number of hydrogen-bond acceptors (Lipinski definition) is 4. The van der Waals surface area contributed by atoms with Gasteiger partial charge in [-0.3, -0.25) is 14.3 Å². The number of anilines is 1. The standard InChI is InChI=1S/C24H26F2N4O3/c1-15-7-21-18(11-27-30(21)12-22(25)26)10-20(15)29(14-24(32)33)13-23(31)28(2)19-8-16-5-3-4-6-17(16)9-19/h3-7,10-11,19,22H,8-9,12-14H2,1-2H3,(H,32,33). The molecule has 1 aromatic heterocycles. The Bertz CT molecular complexity index is 1170. The number of fused-ring (bicyclic) bond motifs is 2. The van der Waals surface area contributed by atoms with E-state index in [-0.39, 0.29) is 25.0 Å². The van der Waals surface area contributed by atoms with Crippen LogP contribution >= 0.6 is 0 Å². The maximum Gasteiger partial charge on any atom is 0.323 e. The Hall–Kier alpha value is -3.49. The summed E-state index contributed by atoms with van der Waals surface area (Å²) in [4.78, 5) is 27.9. The van der Waals surface area contributed by atoms with E-state index in [1.807, 2.05) is 12.1 Å². The average molecular weight is 456 g/mol. The second kappa shape index (κ2) is 9.17. The lowest BCUT2D eigenvalue weighted by Gasteiger charge is -2.30. The van der Waals surface area contributed by atoms with Crippen molar-refractivity contribution in [1.82, 2.24) is 14.7 Å². The van der Waals surface area contributed by atoms with Crippen molar-refractivity contribution in [3.8, 4) is 0 Å². The number of carboxylic acid groups (broad SMARTS) is 1. The van der Waals surface area contributed by atoms with Gasteiger partial charge in [0.2, 0.25) is 5.91 Å². The van der Waals surface area contributed by atoms with Crippen molar-refractivity contribution in [3.05, 3.63) is 59.3 Å². The minimum absolute atomic E-state index is 0.0257.